The second-order valence-corrected chi connectivity index (χ2v) is 7.54. The molecule has 140 valence electrons. The highest BCUT2D eigenvalue weighted by atomic mass is 16.4. The standard InChI is InChI=1S/C24H32O2/c1-5-6-17-24(20(4)23(25)26,18(2)21-13-9-7-10-14-21)19(3)22-15-11-8-12-16-22/h7-16,18-20H,5-6,17H2,1-4H3,(H,25,26). The van der Waals surface area contributed by atoms with Gasteiger partial charge in [0.2, 0.25) is 0 Å². The number of hydrogen-bond donors (Lipinski definition) is 1. The maximum Gasteiger partial charge on any atom is 0.306 e. The van der Waals surface area contributed by atoms with E-state index in [1.165, 1.54) is 11.1 Å². The normalized spacial score (nSPS) is 17.1. The molecular formula is C24H32O2. The number of aliphatic carboxylic acids is 1. The molecule has 2 rings (SSSR count). The van der Waals surface area contributed by atoms with E-state index in [1.807, 2.05) is 19.1 Å². The zero-order chi connectivity index (χ0) is 19.2. The van der Waals surface area contributed by atoms with Crippen molar-refractivity contribution in [3.63, 3.8) is 0 Å². The fourth-order valence-electron chi connectivity index (χ4n) is 4.59. The van der Waals surface area contributed by atoms with E-state index in [1.54, 1.807) is 0 Å². The van der Waals surface area contributed by atoms with Crippen LogP contribution in [-0.2, 0) is 4.79 Å². The third kappa shape index (κ3) is 4.00. The molecule has 2 aromatic rings. The molecule has 0 aliphatic carbocycles. The number of carbonyl (C=O) groups is 1. The van der Waals surface area contributed by atoms with Gasteiger partial charge in [0.05, 0.1) is 5.92 Å². The Bertz CT molecular complexity index is 632. The van der Waals surface area contributed by atoms with Crippen LogP contribution >= 0.6 is 0 Å². The quantitative estimate of drug-likeness (QED) is 0.560. The molecule has 26 heavy (non-hydrogen) atoms. The Labute approximate surface area is 158 Å². The van der Waals surface area contributed by atoms with E-state index in [0.717, 1.165) is 19.3 Å². The van der Waals surface area contributed by atoms with Crippen molar-refractivity contribution >= 4 is 5.97 Å². The zero-order valence-electron chi connectivity index (χ0n) is 16.5. The number of unbranched alkanes of at least 4 members (excludes halogenated alkanes) is 1. The molecule has 0 saturated heterocycles. The van der Waals surface area contributed by atoms with Crippen molar-refractivity contribution in [1.82, 2.24) is 0 Å². The van der Waals surface area contributed by atoms with Crippen LogP contribution < -0.4 is 0 Å². The van der Waals surface area contributed by atoms with Crippen LogP contribution in [-0.4, -0.2) is 11.1 Å². The summed E-state index contributed by atoms with van der Waals surface area (Å²) in [5.41, 5.74) is 2.10. The van der Waals surface area contributed by atoms with Crippen LogP contribution in [0.3, 0.4) is 0 Å². The Kier molecular flexibility index (Phi) is 7.02. The maximum atomic E-state index is 12.2. The van der Waals surface area contributed by atoms with Gasteiger partial charge in [0.15, 0.2) is 0 Å². The van der Waals surface area contributed by atoms with Crippen LogP contribution in [0.25, 0.3) is 0 Å². The summed E-state index contributed by atoms with van der Waals surface area (Å²) in [5, 5.41) is 10.0. The van der Waals surface area contributed by atoms with Crippen LogP contribution in [0.2, 0.25) is 0 Å². The molecular weight excluding hydrogens is 320 g/mol. The number of hydrogen-bond acceptors (Lipinski definition) is 1. The monoisotopic (exact) mass is 352 g/mol. The van der Waals surface area contributed by atoms with Crippen molar-refractivity contribution in [2.45, 2.75) is 58.8 Å². The summed E-state index contributed by atoms with van der Waals surface area (Å²) in [6, 6.07) is 20.8. The van der Waals surface area contributed by atoms with Gasteiger partial charge in [-0.25, -0.2) is 0 Å². The van der Waals surface area contributed by atoms with Crippen molar-refractivity contribution in [1.29, 1.82) is 0 Å². The highest BCUT2D eigenvalue weighted by molar-refractivity contribution is 5.71. The van der Waals surface area contributed by atoms with Gasteiger partial charge in [-0.2, -0.15) is 0 Å². The van der Waals surface area contributed by atoms with Crippen LogP contribution in [0.4, 0.5) is 0 Å². The minimum Gasteiger partial charge on any atom is -0.481 e. The third-order valence-electron chi connectivity index (χ3n) is 6.35. The molecule has 3 unspecified atom stereocenters. The summed E-state index contributed by atoms with van der Waals surface area (Å²) < 4.78 is 0. The molecule has 1 N–H and O–H groups in total. The van der Waals surface area contributed by atoms with Crippen LogP contribution in [0.1, 0.15) is 69.9 Å². The molecule has 2 nitrogen and oxygen atoms in total. The molecule has 0 radical (unpaired) electrons. The zero-order valence-corrected chi connectivity index (χ0v) is 16.5. The van der Waals surface area contributed by atoms with Gasteiger partial charge in [-0.05, 0) is 34.8 Å². The number of carboxylic acids is 1. The average molecular weight is 353 g/mol. The Morgan fingerprint density at radius 1 is 0.885 bits per heavy atom. The highest BCUT2D eigenvalue weighted by Crippen LogP contribution is 2.55. The van der Waals surface area contributed by atoms with E-state index in [0.29, 0.717) is 0 Å². The van der Waals surface area contributed by atoms with Gasteiger partial charge in [0.25, 0.3) is 0 Å². The molecule has 0 aliphatic rings. The van der Waals surface area contributed by atoms with Crippen LogP contribution in [0.15, 0.2) is 60.7 Å². The number of carboxylic acid groups (broad SMARTS) is 1. The Hall–Kier alpha value is -2.09. The number of benzene rings is 2. The predicted octanol–water partition coefficient (Wildman–Crippen LogP) is 6.49. The van der Waals surface area contributed by atoms with Crippen molar-refractivity contribution in [2.75, 3.05) is 0 Å². The largest absolute Gasteiger partial charge is 0.481 e. The molecule has 0 saturated carbocycles. The summed E-state index contributed by atoms with van der Waals surface area (Å²) in [6.45, 7) is 8.50. The van der Waals surface area contributed by atoms with E-state index >= 15 is 0 Å². The minimum atomic E-state index is -0.702. The van der Waals surface area contributed by atoms with E-state index in [-0.39, 0.29) is 17.3 Å². The first-order valence-electron chi connectivity index (χ1n) is 9.77. The summed E-state index contributed by atoms with van der Waals surface area (Å²) >= 11 is 0. The average Bonchev–Trinajstić information content (AvgIpc) is 2.69. The molecule has 2 aromatic carbocycles. The van der Waals surface area contributed by atoms with Gasteiger partial charge in [-0.3, -0.25) is 4.79 Å². The first-order valence-corrected chi connectivity index (χ1v) is 9.77. The van der Waals surface area contributed by atoms with Crippen molar-refractivity contribution in [2.24, 2.45) is 11.3 Å². The molecule has 0 aliphatic heterocycles. The summed E-state index contributed by atoms with van der Waals surface area (Å²) in [6.07, 6.45) is 3.01. The van der Waals surface area contributed by atoms with Gasteiger partial charge in [-0.1, -0.05) is 101 Å². The second-order valence-electron chi connectivity index (χ2n) is 7.54. The SMILES string of the molecule is CCCCC(C(C)C(=O)O)(C(C)c1ccccc1)C(C)c1ccccc1. The van der Waals surface area contributed by atoms with Crippen molar-refractivity contribution in [3.8, 4) is 0 Å². The van der Waals surface area contributed by atoms with E-state index in [9.17, 15) is 9.90 Å². The molecule has 0 spiro atoms. The van der Waals surface area contributed by atoms with Gasteiger partial charge >= 0.3 is 5.97 Å². The molecule has 0 fully saturated rings. The fourth-order valence-corrected chi connectivity index (χ4v) is 4.59. The van der Waals surface area contributed by atoms with Gasteiger partial charge in [0, 0.05) is 0 Å². The lowest BCUT2D eigenvalue weighted by Crippen LogP contribution is -2.43. The molecule has 0 heterocycles. The van der Waals surface area contributed by atoms with Gasteiger partial charge in [-0.15, -0.1) is 0 Å². The lowest BCUT2D eigenvalue weighted by Gasteiger charge is -2.48. The molecule has 0 bridgehead atoms. The summed E-state index contributed by atoms with van der Waals surface area (Å²) in [5.74, 6) is -0.834. The lowest BCUT2D eigenvalue weighted by atomic mass is 9.55. The third-order valence-corrected chi connectivity index (χ3v) is 6.35. The first kappa shape index (κ1) is 20.2. The fraction of sp³-hybridized carbons (Fsp3) is 0.458. The smallest absolute Gasteiger partial charge is 0.306 e. The molecule has 2 heteroatoms. The summed E-state index contributed by atoms with van der Waals surface area (Å²) in [4.78, 5) is 12.2. The molecule has 3 atom stereocenters. The van der Waals surface area contributed by atoms with Gasteiger partial charge < -0.3 is 5.11 Å². The molecule has 0 aromatic heterocycles. The maximum absolute atomic E-state index is 12.2. The summed E-state index contributed by atoms with van der Waals surface area (Å²) in [7, 11) is 0. The molecule has 0 amide bonds. The van der Waals surface area contributed by atoms with Crippen molar-refractivity contribution in [3.05, 3.63) is 71.8 Å². The van der Waals surface area contributed by atoms with E-state index in [2.05, 4.69) is 69.3 Å². The first-order chi connectivity index (χ1) is 12.4. The van der Waals surface area contributed by atoms with Crippen LogP contribution in [0, 0.1) is 11.3 Å². The number of rotatable bonds is 9. The lowest BCUT2D eigenvalue weighted by molar-refractivity contribution is -0.148. The van der Waals surface area contributed by atoms with E-state index < -0.39 is 11.9 Å². The van der Waals surface area contributed by atoms with Crippen LogP contribution in [0.5, 0.6) is 0 Å². The minimum absolute atomic E-state index is 0.150. The van der Waals surface area contributed by atoms with Gasteiger partial charge in [0.1, 0.15) is 0 Å². The van der Waals surface area contributed by atoms with E-state index in [4.69, 9.17) is 0 Å². The Morgan fingerprint density at radius 2 is 1.31 bits per heavy atom. The highest BCUT2D eigenvalue weighted by Gasteiger charge is 2.48. The topological polar surface area (TPSA) is 37.3 Å². The predicted molar refractivity (Wildman–Crippen MR) is 108 cm³/mol. The van der Waals surface area contributed by atoms with Crippen molar-refractivity contribution < 1.29 is 9.90 Å². The second kappa shape index (κ2) is 9.02. The Balaban J connectivity index is 2.61. The Morgan fingerprint density at radius 3 is 1.65 bits per heavy atom.